The second-order valence-corrected chi connectivity index (χ2v) is 8.76. The predicted octanol–water partition coefficient (Wildman–Crippen LogP) is 1.59. The van der Waals surface area contributed by atoms with Gasteiger partial charge in [-0.2, -0.15) is 0 Å². The molecule has 186 valence electrons. The van der Waals surface area contributed by atoms with E-state index in [1.807, 2.05) is 6.92 Å². The molecule has 2 aromatic rings. The van der Waals surface area contributed by atoms with Crippen molar-refractivity contribution in [1.82, 2.24) is 20.3 Å². The molecule has 0 saturated carbocycles. The van der Waals surface area contributed by atoms with Gasteiger partial charge in [-0.05, 0) is 56.3 Å². The average molecular weight is 505 g/mol. The summed E-state index contributed by atoms with van der Waals surface area (Å²) in [5, 5.41) is 13.7. The van der Waals surface area contributed by atoms with E-state index in [2.05, 4.69) is 25.6 Å². The van der Waals surface area contributed by atoms with E-state index in [9.17, 15) is 9.59 Å². The van der Waals surface area contributed by atoms with Crippen LogP contribution < -0.4 is 20.3 Å². The highest BCUT2D eigenvalue weighted by atomic mass is 35.5. The zero-order valence-electron chi connectivity index (χ0n) is 19.0. The lowest BCUT2D eigenvalue weighted by Crippen LogP contribution is -2.30. The number of aromatic nitrogens is 3. The first-order valence-corrected chi connectivity index (χ1v) is 11.5. The lowest BCUT2D eigenvalue weighted by Gasteiger charge is -2.18. The van der Waals surface area contributed by atoms with E-state index in [4.69, 9.17) is 31.0 Å². The van der Waals surface area contributed by atoms with Crippen LogP contribution in [-0.2, 0) is 27.2 Å². The van der Waals surface area contributed by atoms with Crippen molar-refractivity contribution in [1.29, 1.82) is 0 Å². The molecule has 13 heteroatoms. The monoisotopic (exact) mass is 504 g/mol. The Morgan fingerprint density at radius 1 is 1.29 bits per heavy atom. The molecule has 5 rings (SSSR count). The third kappa shape index (κ3) is 5.60. The van der Waals surface area contributed by atoms with E-state index in [1.165, 1.54) is 22.2 Å². The Morgan fingerprint density at radius 3 is 2.83 bits per heavy atom. The minimum Gasteiger partial charge on any atom is -0.483 e. The van der Waals surface area contributed by atoms with Crippen LogP contribution in [0.15, 0.2) is 12.4 Å². The number of carbonyl (C=O) groups excluding carboxylic acids is 2. The minimum absolute atomic E-state index is 0.0989. The maximum atomic E-state index is 12.3. The molecule has 2 aromatic heterocycles. The lowest BCUT2D eigenvalue weighted by atomic mass is 10.1. The number of rotatable bonds is 6. The number of carboxylic acid groups (broad SMARTS) is 1. The van der Waals surface area contributed by atoms with Crippen LogP contribution in [0.4, 0.5) is 16.4 Å². The largest absolute Gasteiger partial charge is 0.483 e. The first kappa shape index (κ1) is 24.6. The van der Waals surface area contributed by atoms with Crippen LogP contribution in [-0.4, -0.2) is 70.9 Å². The highest BCUT2D eigenvalue weighted by Crippen LogP contribution is 2.33. The Kier molecular flexibility index (Phi) is 7.61. The van der Waals surface area contributed by atoms with E-state index in [0.717, 1.165) is 36.6 Å². The number of hydrogen-bond donors (Lipinski definition) is 3. The molecule has 2 atom stereocenters. The van der Waals surface area contributed by atoms with Gasteiger partial charge in [-0.3, -0.25) is 19.5 Å². The normalized spacial score (nSPS) is 20.1. The number of ether oxygens (including phenoxy) is 2. The third-order valence-electron chi connectivity index (χ3n) is 6.00. The van der Waals surface area contributed by atoms with E-state index < -0.39 is 6.09 Å². The molecule has 1 saturated heterocycles. The van der Waals surface area contributed by atoms with Crippen molar-refractivity contribution in [3.8, 4) is 5.88 Å². The van der Waals surface area contributed by atoms with Crippen LogP contribution in [0.5, 0.6) is 5.88 Å². The van der Waals surface area contributed by atoms with Crippen molar-refractivity contribution in [3.63, 3.8) is 0 Å². The molecule has 1 fully saturated rings. The molecule has 2 amide bonds. The molecule has 0 aromatic carbocycles. The number of nitrogens with one attached hydrogen (secondary N) is 2. The number of aryl methyl sites for hydroxylation is 1. The first-order chi connectivity index (χ1) is 16.9. The standard InChI is InChI=1S/C21H23ClN6O4.CH2O2/c1-11-14-4-12(5-15(14)16(22)7-24-11)6-23-3-2-13-9-28(21(30)32-13)17-8-25-20-19(26-17)27-18(29)10-31-20;2-1-3/h7-8,12-13,23H,2-6,9-10H2,1H3,(H,26,27,29);1H,(H,2,3). The summed E-state index contributed by atoms with van der Waals surface area (Å²) in [6.45, 7) is 3.64. The fourth-order valence-corrected chi connectivity index (χ4v) is 4.61. The van der Waals surface area contributed by atoms with Gasteiger partial charge in [0, 0.05) is 11.9 Å². The number of anilines is 2. The van der Waals surface area contributed by atoms with Gasteiger partial charge >= 0.3 is 6.09 Å². The SMILES string of the molecule is Cc1ncc(Cl)c2c1CC(CNCCC1CN(c3cnc4c(n3)NC(=O)CO4)C(=O)O1)C2.O=CO. The smallest absolute Gasteiger partial charge is 0.415 e. The Morgan fingerprint density at radius 2 is 2.06 bits per heavy atom. The summed E-state index contributed by atoms with van der Waals surface area (Å²) in [7, 11) is 0. The van der Waals surface area contributed by atoms with Crippen LogP contribution in [0.25, 0.3) is 0 Å². The first-order valence-electron chi connectivity index (χ1n) is 11.1. The van der Waals surface area contributed by atoms with Gasteiger partial charge in [0.25, 0.3) is 18.3 Å². The zero-order chi connectivity index (χ0) is 24.9. The molecular formula is C22H25ClN6O6. The molecular weight excluding hydrogens is 480 g/mol. The highest BCUT2D eigenvalue weighted by molar-refractivity contribution is 6.31. The molecule has 1 aliphatic carbocycles. The number of hydrogen-bond acceptors (Lipinski definition) is 9. The van der Waals surface area contributed by atoms with Crippen molar-refractivity contribution in [2.75, 3.05) is 36.5 Å². The van der Waals surface area contributed by atoms with E-state index >= 15 is 0 Å². The van der Waals surface area contributed by atoms with Crippen molar-refractivity contribution in [2.45, 2.75) is 32.3 Å². The van der Waals surface area contributed by atoms with Crippen molar-refractivity contribution >= 4 is 41.7 Å². The molecule has 0 bridgehead atoms. The van der Waals surface area contributed by atoms with Gasteiger partial charge in [0.2, 0.25) is 0 Å². The Labute approximate surface area is 206 Å². The molecule has 3 aliphatic rings. The average Bonchev–Trinajstić information content (AvgIpc) is 3.43. The number of pyridine rings is 1. The fraction of sp³-hybridized carbons (Fsp3) is 0.455. The molecule has 0 spiro atoms. The molecule has 2 aliphatic heterocycles. The Bertz CT molecular complexity index is 1100. The molecule has 0 radical (unpaired) electrons. The molecule has 2 unspecified atom stereocenters. The second kappa shape index (κ2) is 10.8. The summed E-state index contributed by atoms with van der Waals surface area (Å²) in [4.78, 5) is 46.4. The Hall–Kier alpha value is -3.51. The van der Waals surface area contributed by atoms with E-state index in [0.29, 0.717) is 24.7 Å². The van der Waals surface area contributed by atoms with Crippen LogP contribution in [0.3, 0.4) is 0 Å². The minimum atomic E-state index is -0.476. The van der Waals surface area contributed by atoms with Crippen LogP contribution in [0.2, 0.25) is 5.02 Å². The van der Waals surface area contributed by atoms with Gasteiger partial charge < -0.3 is 25.2 Å². The van der Waals surface area contributed by atoms with Crippen LogP contribution in [0.1, 0.15) is 23.2 Å². The molecule has 3 N–H and O–H groups in total. The van der Waals surface area contributed by atoms with Crippen LogP contribution in [0, 0.1) is 12.8 Å². The molecule has 4 heterocycles. The van der Waals surface area contributed by atoms with Gasteiger partial charge in [-0.1, -0.05) is 11.6 Å². The van der Waals surface area contributed by atoms with Crippen LogP contribution >= 0.6 is 11.6 Å². The number of halogens is 1. The summed E-state index contributed by atoms with van der Waals surface area (Å²) in [5.41, 5.74) is 3.55. The number of fused-ring (bicyclic) bond motifs is 2. The van der Waals surface area contributed by atoms with Gasteiger partial charge in [0.15, 0.2) is 18.2 Å². The van der Waals surface area contributed by atoms with Crippen molar-refractivity contribution in [3.05, 3.63) is 34.2 Å². The molecule has 35 heavy (non-hydrogen) atoms. The fourth-order valence-electron chi connectivity index (χ4n) is 4.37. The summed E-state index contributed by atoms with van der Waals surface area (Å²) in [6, 6.07) is 0. The van der Waals surface area contributed by atoms with E-state index in [1.54, 1.807) is 6.20 Å². The number of cyclic esters (lactones) is 1. The summed E-state index contributed by atoms with van der Waals surface area (Å²) < 4.78 is 10.7. The molecule has 12 nitrogen and oxygen atoms in total. The van der Waals surface area contributed by atoms with Crippen molar-refractivity contribution < 1.29 is 29.0 Å². The van der Waals surface area contributed by atoms with Gasteiger partial charge in [0.05, 0.1) is 17.8 Å². The lowest BCUT2D eigenvalue weighted by molar-refractivity contribution is -0.123. The topological polar surface area (TPSA) is 156 Å². The zero-order valence-corrected chi connectivity index (χ0v) is 19.7. The quantitative estimate of drug-likeness (QED) is 0.390. The third-order valence-corrected chi connectivity index (χ3v) is 6.32. The van der Waals surface area contributed by atoms with Gasteiger partial charge in [0.1, 0.15) is 6.10 Å². The maximum Gasteiger partial charge on any atom is 0.415 e. The van der Waals surface area contributed by atoms with Gasteiger partial charge in [-0.25, -0.2) is 14.8 Å². The van der Waals surface area contributed by atoms with Gasteiger partial charge in [-0.15, -0.1) is 0 Å². The number of carbonyl (C=O) groups is 3. The maximum absolute atomic E-state index is 12.3. The summed E-state index contributed by atoms with van der Waals surface area (Å²) >= 11 is 6.31. The number of amides is 2. The Balaban J connectivity index is 0.000000917. The summed E-state index contributed by atoms with van der Waals surface area (Å²) in [5.74, 6) is 0.939. The summed E-state index contributed by atoms with van der Waals surface area (Å²) in [6.07, 6.45) is 5.06. The van der Waals surface area contributed by atoms with Crippen molar-refractivity contribution in [2.24, 2.45) is 5.92 Å². The second-order valence-electron chi connectivity index (χ2n) is 8.36. The number of nitrogens with zero attached hydrogens (tertiary/aromatic N) is 4. The highest BCUT2D eigenvalue weighted by Gasteiger charge is 2.34. The van der Waals surface area contributed by atoms with E-state index in [-0.39, 0.29) is 36.8 Å². The predicted molar refractivity (Wildman–Crippen MR) is 125 cm³/mol.